The van der Waals surface area contributed by atoms with E-state index in [9.17, 15) is 24.6 Å². The molecule has 0 atom stereocenters. The minimum Gasteiger partial charge on any atom is -0.492 e. The molecule has 2 aliphatic rings. The average Bonchev–Trinajstić information content (AvgIpc) is 3.57. The number of morpholine rings is 1. The molecule has 258 valence electrons. The van der Waals surface area contributed by atoms with Crippen LogP contribution in [0.3, 0.4) is 0 Å². The molecule has 2 fully saturated rings. The van der Waals surface area contributed by atoms with Gasteiger partial charge in [-0.1, -0.05) is 57.2 Å². The van der Waals surface area contributed by atoms with Crippen molar-refractivity contribution in [2.24, 2.45) is 0 Å². The summed E-state index contributed by atoms with van der Waals surface area (Å²) in [6, 6.07) is 19.8. The van der Waals surface area contributed by atoms with Gasteiger partial charge in [0.2, 0.25) is 0 Å². The summed E-state index contributed by atoms with van der Waals surface area (Å²) in [7, 11) is 1.29. The van der Waals surface area contributed by atoms with Crippen LogP contribution in [0.15, 0.2) is 66.7 Å². The number of carbonyl (C=O) groups excluding carboxylic acids is 3. The number of carbonyl (C=O) groups is 3. The number of likely N-dealkylation sites (N-methyl/N-ethyl adjacent to an activating group) is 1. The van der Waals surface area contributed by atoms with Crippen molar-refractivity contribution in [3.63, 3.8) is 0 Å². The molecule has 2 aliphatic heterocycles. The number of fused-ring (bicyclic) bond motifs is 1. The Labute approximate surface area is 283 Å². The summed E-state index contributed by atoms with van der Waals surface area (Å²) >= 11 is 0. The SMILES string of the molecule is CN1C(=O)C(O)(O)C(=O)N1Cc1ccc(-n2nc(C(C)(C)C)cc2NC(=O)Nc2ccc(OCCN3CCOCC3)c3ccccc23)cc1. The normalized spacial score (nSPS) is 16.8. The predicted molar refractivity (Wildman–Crippen MR) is 182 cm³/mol. The van der Waals surface area contributed by atoms with Crippen molar-refractivity contribution in [1.82, 2.24) is 24.7 Å². The van der Waals surface area contributed by atoms with E-state index in [1.807, 2.05) is 63.2 Å². The second-order valence-electron chi connectivity index (χ2n) is 13.1. The van der Waals surface area contributed by atoms with Gasteiger partial charge in [0.15, 0.2) is 0 Å². The van der Waals surface area contributed by atoms with E-state index < -0.39 is 23.6 Å². The van der Waals surface area contributed by atoms with Crippen molar-refractivity contribution in [1.29, 1.82) is 0 Å². The van der Waals surface area contributed by atoms with Gasteiger partial charge in [0.1, 0.15) is 18.2 Å². The highest BCUT2D eigenvalue weighted by molar-refractivity contribution is 6.10. The summed E-state index contributed by atoms with van der Waals surface area (Å²) in [5, 5.41) is 34.0. The van der Waals surface area contributed by atoms with Gasteiger partial charge in [0.25, 0.3) is 0 Å². The first kappa shape index (κ1) is 33.9. The maximum absolute atomic E-state index is 13.5. The summed E-state index contributed by atoms with van der Waals surface area (Å²) in [5.41, 5.74) is 2.32. The van der Waals surface area contributed by atoms with Gasteiger partial charge in [-0.05, 0) is 29.8 Å². The number of aromatic nitrogens is 2. The number of nitrogens with one attached hydrogen (secondary N) is 2. The highest BCUT2D eigenvalue weighted by Gasteiger charge is 2.55. The number of benzene rings is 3. The molecule has 2 saturated heterocycles. The van der Waals surface area contributed by atoms with Crippen LogP contribution in [0, 0.1) is 0 Å². The van der Waals surface area contributed by atoms with Crippen molar-refractivity contribution in [2.75, 3.05) is 57.1 Å². The molecule has 0 radical (unpaired) electrons. The molecule has 1 aromatic heterocycles. The van der Waals surface area contributed by atoms with Crippen molar-refractivity contribution >= 4 is 40.1 Å². The Morgan fingerprint density at radius 1 is 0.959 bits per heavy atom. The zero-order chi connectivity index (χ0) is 34.9. The van der Waals surface area contributed by atoms with Gasteiger partial charge in [-0.2, -0.15) is 5.10 Å². The number of hydrogen-bond donors (Lipinski definition) is 4. The molecular formula is C35H41N7O7. The molecular weight excluding hydrogens is 630 g/mol. The Hall–Kier alpha value is -5.02. The van der Waals surface area contributed by atoms with Crippen molar-refractivity contribution in [2.45, 2.75) is 38.5 Å². The molecule has 4 amide bonds. The molecule has 6 rings (SSSR count). The number of urea groups is 1. The topological polar surface area (TPSA) is 162 Å². The Balaban J connectivity index is 1.18. The number of anilines is 2. The number of nitrogens with zero attached hydrogens (tertiary/aromatic N) is 5. The van der Waals surface area contributed by atoms with Gasteiger partial charge in [0.05, 0.1) is 36.8 Å². The van der Waals surface area contributed by atoms with Crippen LogP contribution >= 0.6 is 0 Å². The highest BCUT2D eigenvalue weighted by atomic mass is 16.5. The van der Waals surface area contributed by atoms with E-state index >= 15 is 0 Å². The van der Waals surface area contributed by atoms with E-state index in [1.54, 1.807) is 28.9 Å². The van der Waals surface area contributed by atoms with Crippen molar-refractivity contribution < 1.29 is 34.1 Å². The van der Waals surface area contributed by atoms with E-state index in [2.05, 4.69) is 15.5 Å². The van der Waals surface area contributed by atoms with E-state index in [0.29, 0.717) is 29.4 Å². The van der Waals surface area contributed by atoms with Crippen molar-refractivity contribution in [3.8, 4) is 11.4 Å². The highest BCUT2D eigenvalue weighted by Crippen LogP contribution is 2.32. The van der Waals surface area contributed by atoms with Gasteiger partial charge >= 0.3 is 23.6 Å². The Kier molecular flexibility index (Phi) is 9.31. The third-order valence-corrected chi connectivity index (χ3v) is 8.62. The van der Waals surface area contributed by atoms with Crippen LogP contribution in [0.4, 0.5) is 16.3 Å². The Morgan fingerprint density at radius 2 is 1.65 bits per heavy atom. The van der Waals surface area contributed by atoms with Crippen LogP contribution in [-0.2, 0) is 26.3 Å². The van der Waals surface area contributed by atoms with Gasteiger partial charge in [-0.3, -0.25) is 19.8 Å². The molecule has 0 spiro atoms. The second-order valence-corrected chi connectivity index (χ2v) is 13.1. The average molecular weight is 672 g/mol. The third-order valence-electron chi connectivity index (χ3n) is 8.62. The number of hydrogen-bond acceptors (Lipinski definition) is 9. The zero-order valence-electron chi connectivity index (χ0n) is 28.0. The molecule has 14 heteroatoms. The smallest absolute Gasteiger partial charge is 0.330 e. The third kappa shape index (κ3) is 7.08. The summed E-state index contributed by atoms with van der Waals surface area (Å²) in [6.07, 6.45) is 0. The molecule has 0 bridgehead atoms. The minimum atomic E-state index is -3.08. The van der Waals surface area contributed by atoms with Crippen LogP contribution in [-0.4, -0.2) is 105 Å². The first-order valence-corrected chi connectivity index (χ1v) is 16.1. The van der Waals surface area contributed by atoms with Gasteiger partial charge in [-0.25, -0.2) is 19.5 Å². The fourth-order valence-electron chi connectivity index (χ4n) is 5.76. The van der Waals surface area contributed by atoms with Crippen molar-refractivity contribution in [3.05, 3.63) is 78.0 Å². The largest absolute Gasteiger partial charge is 0.492 e. The van der Waals surface area contributed by atoms with Crippen LogP contribution in [0.2, 0.25) is 0 Å². The number of rotatable bonds is 9. The molecule has 0 unspecified atom stereocenters. The number of amides is 4. The van der Waals surface area contributed by atoms with Crippen LogP contribution in [0.1, 0.15) is 32.0 Å². The standard InChI is InChI=1S/C35H41N7O7/c1-34(2,3)29-21-30(42(38-29)24-11-9-23(10-12-24)22-41-32(44)35(46,47)31(43)39(41)4)37-33(45)36-27-13-14-28(26-8-6-5-7-25(26)27)49-20-17-40-15-18-48-19-16-40/h5-14,21,46-47H,15-20,22H2,1-4H3,(H2,36,37,45). The fourth-order valence-corrected chi connectivity index (χ4v) is 5.76. The Morgan fingerprint density at radius 3 is 2.31 bits per heavy atom. The summed E-state index contributed by atoms with van der Waals surface area (Å²) < 4.78 is 13.2. The number of hydrazine groups is 1. The lowest BCUT2D eigenvalue weighted by Crippen LogP contribution is -2.43. The molecule has 3 aromatic carbocycles. The molecule has 3 heterocycles. The van der Waals surface area contributed by atoms with Gasteiger partial charge in [0, 0.05) is 48.9 Å². The van der Waals surface area contributed by atoms with E-state index in [1.165, 1.54) is 7.05 Å². The zero-order valence-corrected chi connectivity index (χ0v) is 28.0. The number of ether oxygens (including phenoxy) is 2. The molecule has 49 heavy (non-hydrogen) atoms. The summed E-state index contributed by atoms with van der Waals surface area (Å²) in [5.74, 6) is -4.15. The molecule has 4 N–H and O–H groups in total. The summed E-state index contributed by atoms with van der Waals surface area (Å²) in [4.78, 5) is 40.2. The summed E-state index contributed by atoms with van der Waals surface area (Å²) in [6.45, 7) is 10.6. The maximum Gasteiger partial charge on any atom is 0.330 e. The van der Waals surface area contributed by atoms with E-state index in [0.717, 1.165) is 65.1 Å². The lowest BCUT2D eigenvalue weighted by Gasteiger charge is -2.26. The van der Waals surface area contributed by atoms with E-state index in [4.69, 9.17) is 14.6 Å². The van der Waals surface area contributed by atoms with Crippen LogP contribution in [0.25, 0.3) is 16.5 Å². The van der Waals surface area contributed by atoms with E-state index in [-0.39, 0.29) is 12.0 Å². The molecule has 4 aromatic rings. The van der Waals surface area contributed by atoms with Gasteiger partial charge < -0.3 is 25.0 Å². The number of aliphatic hydroxyl groups is 2. The lowest BCUT2D eigenvalue weighted by atomic mass is 9.92. The maximum atomic E-state index is 13.5. The second kappa shape index (κ2) is 13.5. The Bertz CT molecular complexity index is 1860. The molecule has 0 aliphatic carbocycles. The van der Waals surface area contributed by atoms with Crippen LogP contribution < -0.4 is 15.4 Å². The first-order valence-electron chi connectivity index (χ1n) is 16.1. The van der Waals surface area contributed by atoms with Crippen LogP contribution in [0.5, 0.6) is 5.75 Å². The molecule has 0 saturated carbocycles. The fraction of sp³-hybridized carbons (Fsp3) is 0.371. The first-order chi connectivity index (χ1) is 23.3. The quantitative estimate of drug-likeness (QED) is 0.155. The minimum absolute atomic E-state index is 0.0598. The monoisotopic (exact) mass is 671 g/mol. The predicted octanol–water partition coefficient (Wildman–Crippen LogP) is 3.07. The lowest BCUT2D eigenvalue weighted by molar-refractivity contribution is -0.186. The molecule has 14 nitrogen and oxygen atoms in total. The van der Waals surface area contributed by atoms with Gasteiger partial charge in [-0.15, -0.1) is 0 Å².